The van der Waals surface area contributed by atoms with Crippen molar-refractivity contribution in [3.8, 4) is 0 Å². The molecular formula is C11H15F3O4S2. The summed E-state index contributed by atoms with van der Waals surface area (Å²) in [7, 11) is -6.09. The molecular weight excluding hydrogens is 317 g/mol. The van der Waals surface area contributed by atoms with Gasteiger partial charge >= 0.3 is 5.51 Å². The topological polar surface area (TPSA) is 66.4 Å². The van der Waals surface area contributed by atoms with Crippen LogP contribution in [-0.4, -0.2) is 37.6 Å². The van der Waals surface area contributed by atoms with Gasteiger partial charge in [-0.25, -0.2) is 8.42 Å². The normalized spacial score (nSPS) is 11.9. The first kappa shape index (κ1) is 19.2. The third kappa shape index (κ3) is 9.18. The van der Waals surface area contributed by atoms with E-state index in [4.69, 9.17) is 17.2 Å². The van der Waals surface area contributed by atoms with Gasteiger partial charge in [0.05, 0.1) is 0 Å². The summed E-state index contributed by atoms with van der Waals surface area (Å²) in [6.07, 6.45) is 5.20. The summed E-state index contributed by atoms with van der Waals surface area (Å²) in [6, 6.07) is 10.4. The lowest BCUT2D eigenvalue weighted by molar-refractivity contribution is -0.0517. The van der Waals surface area contributed by atoms with Crippen molar-refractivity contribution in [2.24, 2.45) is 0 Å². The van der Waals surface area contributed by atoms with Crippen molar-refractivity contribution in [2.45, 2.75) is 11.9 Å². The lowest BCUT2D eigenvalue weighted by Gasteiger charge is -2.08. The Morgan fingerprint density at radius 3 is 2.00 bits per heavy atom. The van der Waals surface area contributed by atoms with Crippen molar-refractivity contribution in [3.05, 3.63) is 35.9 Å². The van der Waals surface area contributed by atoms with Crippen LogP contribution in [-0.2, 0) is 31.9 Å². The van der Waals surface area contributed by atoms with Gasteiger partial charge in [0.2, 0.25) is 0 Å². The van der Waals surface area contributed by atoms with E-state index < -0.39 is 15.6 Å². The highest BCUT2D eigenvalue weighted by molar-refractivity contribution is 7.90. The fraction of sp³-hybridized carbons (Fsp3) is 0.455. The van der Waals surface area contributed by atoms with Crippen molar-refractivity contribution in [2.75, 3.05) is 19.1 Å². The second kappa shape index (κ2) is 8.50. The molecule has 0 N–H and O–H groups in total. The summed E-state index contributed by atoms with van der Waals surface area (Å²) in [5.41, 5.74) is -4.30. The second-order valence-electron chi connectivity index (χ2n) is 3.70. The predicted molar refractivity (Wildman–Crippen MR) is 71.1 cm³/mol. The molecule has 0 aliphatic rings. The zero-order valence-electron chi connectivity index (χ0n) is 10.9. The highest BCUT2D eigenvalue weighted by Crippen LogP contribution is 2.20. The Morgan fingerprint density at radius 1 is 1.20 bits per heavy atom. The van der Waals surface area contributed by atoms with Crippen LogP contribution in [0, 0.1) is 0 Å². The van der Waals surface area contributed by atoms with Gasteiger partial charge in [-0.15, -0.1) is 0 Å². The molecule has 0 heterocycles. The molecule has 4 nitrogen and oxygen atoms in total. The van der Waals surface area contributed by atoms with Crippen molar-refractivity contribution < 1.29 is 30.3 Å². The van der Waals surface area contributed by atoms with Crippen molar-refractivity contribution in [1.82, 2.24) is 0 Å². The summed E-state index contributed by atoms with van der Waals surface area (Å²) in [5, 5.41) is 0. The van der Waals surface area contributed by atoms with Crippen LogP contribution in [0.5, 0.6) is 0 Å². The summed E-state index contributed by atoms with van der Waals surface area (Å²) < 4.78 is 64.4. The second-order valence-corrected chi connectivity index (χ2v) is 6.79. The van der Waals surface area contributed by atoms with Crippen molar-refractivity contribution in [1.29, 1.82) is 0 Å². The number of rotatable bonds is 4. The number of hydrogen-bond acceptors (Lipinski definition) is 4. The molecule has 0 radical (unpaired) electrons. The smallest absolute Gasteiger partial charge is 0.485 e. The molecule has 1 rings (SSSR count). The summed E-state index contributed by atoms with van der Waals surface area (Å²) >= 11 is 0.111. The van der Waals surface area contributed by atoms with Gasteiger partial charge in [0, 0.05) is 6.42 Å². The number of alkyl halides is 3. The van der Waals surface area contributed by atoms with Crippen LogP contribution in [0.15, 0.2) is 30.3 Å². The summed E-state index contributed by atoms with van der Waals surface area (Å²) in [5.74, 6) is 0. The van der Waals surface area contributed by atoms with Crippen LogP contribution < -0.4 is 0 Å². The fourth-order valence-corrected chi connectivity index (χ4v) is 1.39. The van der Waals surface area contributed by atoms with Gasteiger partial charge in [-0.2, -0.15) is 17.4 Å². The van der Waals surface area contributed by atoms with E-state index in [1.165, 1.54) is 5.56 Å². The van der Waals surface area contributed by atoms with E-state index in [1.54, 1.807) is 0 Å². The van der Waals surface area contributed by atoms with E-state index >= 15 is 0 Å². The molecule has 0 atom stereocenters. The zero-order valence-corrected chi connectivity index (χ0v) is 12.5. The van der Waals surface area contributed by atoms with Crippen LogP contribution in [0.2, 0.25) is 0 Å². The lowest BCUT2D eigenvalue weighted by Crippen LogP contribution is -2.21. The quantitative estimate of drug-likeness (QED) is 0.481. The van der Waals surface area contributed by atoms with E-state index in [2.05, 4.69) is 36.8 Å². The fourth-order valence-electron chi connectivity index (χ4n) is 0.971. The minimum Gasteiger partial charge on any atom is -0.741 e. The van der Waals surface area contributed by atoms with Crippen LogP contribution in [0.25, 0.3) is 0 Å². The molecule has 0 saturated carbocycles. The molecule has 0 fully saturated rings. The van der Waals surface area contributed by atoms with E-state index in [0.29, 0.717) is 0 Å². The molecule has 0 saturated heterocycles. The molecule has 1 aromatic carbocycles. The maximum absolute atomic E-state index is 10.7. The summed E-state index contributed by atoms with van der Waals surface area (Å²) in [6.45, 7) is 0.833. The van der Waals surface area contributed by atoms with Crippen LogP contribution in [0.1, 0.15) is 5.56 Å². The maximum Gasteiger partial charge on any atom is 0.485 e. The highest BCUT2D eigenvalue weighted by atomic mass is 32.2. The molecule has 0 spiro atoms. The van der Waals surface area contributed by atoms with Crippen molar-refractivity contribution in [3.63, 3.8) is 0 Å². The van der Waals surface area contributed by atoms with Gasteiger partial charge in [0.25, 0.3) is 0 Å². The lowest BCUT2D eigenvalue weighted by atomic mass is 10.2. The molecule has 0 amide bonds. The Labute approximate surface area is 119 Å². The average molecular weight is 332 g/mol. The van der Waals surface area contributed by atoms with E-state index in [0.717, 1.165) is 13.0 Å². The van der Waals surface area contributed by atoms with Gasteiger partial charge in [0.1, 0.15) is 30.3 Å². The van der Waals surface area contributed by atoms with Gasteiger partial charge < -0.3 is 4.55 Å². The standard InChI is InChI=1S/C10H15OS.CHF3O3S/c1-12(2)11-9-8-10-6-4-3-5-7-10;2-1(3,4)8(5,6)7/h3-7H,8-9H2,1-2H3;(H,5,6,7)/q+1;/p-1. The third-order valence-corrected chi connectivity index (χ3v) is 3.04. The number of benzene rings is 1. The molecule has 0 aliphatic heterocycles. The van der Waals surface area contributed by atoms with Crippen molar-refractivity contribution >= 4 is 21.3 Å². The van der Waals surface area contributed by atoms with E-state index in [1.807, 2.05) is 6.07 Å². The molecule has 0 aliphatic carbocycles. The van der Waals surface area contributed by atoms with Gasteiger partial charge in [0.15, 0.2) is 10.1 Å². The first-order valence-corrected chi connectivity index (χ1v) is 8.68. The molecule has 0 aromatic heterocycles. The summed E-state index contributed by atoms with van der Waals surface area (Å²) in [4.78, 5) is 0. The zero-order chi connectivity index (χ0) is 15.8. The maximum atomic E-state index is 10.7. The molecule has 1 aromatic rings. The number of halogens is 3. The van der Waals surface area contributed by atoms with Gasteiger partial charge in [-0.3, -0.25) is 0 Å². The van der Waals surface area contributed by atoms with E-state index in [9.17, 15) is 13.2 Å². The Balaban J connectivity index is 0.000000396. The minimum absolute atomic E-state index is 0.111. The Kier molecular flexibility index (Phi) is 8.17. The SMILES string of the molecule is C[S+](C)OCCc1ccccc1.O=S(=O)([O-])C(F)(F)F. The minimum atomic E-state index is -6.09. The highest BCUT2D eigenvalue weighted by Gasteiger charge is 2.36. The molecule has 116 valence electrons. The largest absolute Gasteiger partial charge is 0.741 e. The average Bonchev–Trinajstić information content (AvgIpc) is 2.28. The molecule has 0 bridgehead atoms. The van der Waals surface area contributed by atoms with Crippen LogP contribution >= 0.6 is 0 Å². The van der Waals surface area contributed by atoms with E-state index in [-0.39, 0.29) is 11.2 Å². The Bertz CT molecular complexity index is 472. The monoisotopic (exact) mass is 332 g/mol. The first-order chi connectivity index (χ1) is 9.04. The van der Waals surface area contributed by atoms with Crippen LogP contribution in [0.4, 0.5) is 13.2 Å². The van der Waals surface area contributed by atoms with Crippen LogP contribution in [0.3, 0.4) is 0 Å². The predicted octanol–water partition coefficient (Wildman–Crippen LogP) is 2.09. The first-order valence-electron chi connectivity index (χ1n) is 5.31. The number of hydrogen-bond donors (Lipinski definition) is 0. The third-order valence-electron chi connectivity index (χ3n) is 1.84. The molecule has 9 heteroatoms. The molecule has 0 unspecified atom stereocenters. The van der Waals surface area contributed by atoms with Gasteiger partial charge in [-0.05, 0) is 5.56 Å². The molecule has 20 heavy (non-hydrogen) atoms. The Hall–Kier alpha value is -0.770. The Morgan fingerprint density at radius 2 is 1.65 bits per heavy atom. The van der Waals surface area contributed by atoms with Gasteiger partial charge in [-0.1, -0.05) is 30.3 Å².